The van der Waals surface area contributed by atoms with Crippen LogP contribution in [0.1, 0.15) is 15.9 Å². The number of carbonyl (C=O) groups is 1. The molecule has 3 heteroatoms. The molecular formula is C30H24N2O. The Morgan fingerprint density at radius 3 is 2.00 bits per heavy atom. The first-order chi connectivity index (χ1) is 16.2. The van der Waals surface area contributed by atoms with Gasteiger partial charge in [0, 0.05) is 41.2 Å². The average Bonchev–Trinajstić information content (AvgIpc) is 3.22. The second-order valence-electron chi connectivity index (χ2n) is 7.97. The minimum absolute atomic E-state index is 0.0350. The van der Waals surface area contributed by atoms with Gasteiger partial charge in [-0.1, -0.05) is 97.1 Å². The summed E-state index contributed by atoms with van der Waals surface area (Å²) < 4.78 is 2.21. The summed E-state index contributed by atoms with van der Waals surface area (Å²) in [6.07, 6.45) is 1.69. The van der Waals surface area contributed by atoms with Gasteiger partial charge < -0.3 is 9.88 Å². The highest BCUT2D eigenvalue weighted by Gasteiger charge is 2.13. The van der Waals surface area contributed by atoms with E-state index in [-0.39, 0.29) is 5.78 Å². The van der Waals surface area contributed by atoms with E-state index in [2.05, 4.69) is 59.4 Å². The van der Waals surface area contributed by atoms with E-state index in [1.165, 1.54) is 5.56 Å². The van der Waals surface area contributed by atoms with Crippen LogP contribution in [0.4, 0.5) is 5.69 Å². The third-order valence-electron chi connectivity index (χ3n) is 5.84. The highest BCUT2D eigenvalue weighted by molar-refractivity contribution is 6.10. The maximum Gasteiger partial charge on any atom is 0.187 e. The molecular weight excluding hydrogens is 404 g/mol. The van der Waals surface area contributed by atoms with E-state index >= 15 is 0 Å². The molecule has 0 fully saturated rings. The highest BCUT2D eigenvalue weighted by atomic mass is 16.1. The van der Waals surface area contributed by atoms with Gasteiger partial charge in [-0.15, -0.1) is 0 Å². The van der Waals surface area contributed by atoms with Crippen LogP contribution in [0.3, 0.4) is 0 Å². The molecule has 1 N–H and O–H groups in total. The Morgan fingerprint density at radius 1 is 0.727 bits per heavy atom. The SMILES string of the molecule is Cn1c(-c2ccccc2)cc2c(N/C(=C/C(=O)c3ccccc3)c3ccccc3)cccc21. The minimum Gasteiger partial charge on any atom is -0.354 e. The maximum absolute atomic E-state index is 13.0. The van der Waals surface area contributed by atoms with Crippen molar-refractivity contribution in [1.82, 2.24) is 4.57 Å². The van der Waals surface area contributed by atoms with Crippen molar-refractivity contribution in [1.29, 1.82) is 0 Å². The van der Waals surface area contributed by atoms with Gasteiger partial charge in [-0.05, 0) is 29.3 Å². The lowest BCUT2D eigenvalue weighted by Crippen LogP contribution is -2.04. The summed E-state index contributed by atoms with van der Waals surface area (Å²) in [4.78, 5) is 13.0. The lowest BCUT2D eigenvalue weighted by molar-refractivity contribution is 0.104. The average molecular weight is 429 g/mol. The van der Waals surface area contributed by atoms with E-state index in [4.69, 9.17) is 0 Å². The van der Waals surface area contributed by atoms with Crippen LogP contribution in [0.5, 0.6) is 0 Å². The number of benzene rings is 4. The molecule has 160 valence electrons. The first kappa shape index (κ1) is 20.5. The van der Waals surface area contributed by atoms with Crippen molar-refractivity contribution in [3.8, 4) is 11.3 Å². The van der Waals surface area contributed by atoms with E-state index < -0.39 is 0 Å². The molecule has 1 heterocycles. The summed E-state index contributed by atoms with van der Waals surface area (Å²) in [5, 5.41) is 4.66. The van der Waals surface area contributed by atoms with Gasteiger partial charge in [0.2, 0.25) is 0 Å². The number of allylic oxidation sites excluding steroid dienone is 1. The van der Waals surface area contributed by atoms with Crippen molar-refractivity contribution in [3.63, 3.8) is 0 Å². The zero-order valence-electron chi connectivity index (χ0n) is 18.4. The van der Waals surface area contributed by atoms with Gasteiger partial charge in [-0.25, -0.2) is 0 Å². The molecule has 3 nitrogen and oxygen atoms in total. The van der Waals surface area contributed by atoms with Gasteiger partial charge in [0.15, 0.2) is 5.78 Å². The Hall–Kier alpha value is -4.37. The summed E-state index contributed by atoms with van der Waals surface area (Å²) in [6.45, 7) is 0. The predicted octanol–water partition coefficient (Wildman–Crippen LogP) is 7.18. The molecule has 0 aliphatic rings. The molecule has 5 aromatic rings. The lowest BCUT2D eigenvalue weighted by atomic mass is 10.1. The molecule has 0 atom stereocenters. The second kappa shape index (κ2) is 9.01. The van der Waals surface area contributed by atoms with E-state index in [0.717, 1.165) is 33.5 Å². The minimum atomic E-state index is -0.0350. The summed E-state index contributed by atoms with van der Waals surface area (Å²) in [5.74, 6) is -0.0350. The third-order valence-corrected chi connectivity index (χ3v) is 5.84. The van der Waals surface area contributed by atoms with Crippen molar-refractivity contribution in [3.05, 3.63) is 132 Å². The van der Waals surface area contributed by atoms with Crippen LogP contribution >= 0.6 is 0 Å². The van der Waals surface area contributed by atoms with Crippen LogP contribution in [0.15, 0.2) is 121 Å². The molecule has 0 saturated heterocycles. The van der Waals surface area contributed by atoms with Crippen LogP contribution in [0.25, 0.3) is 27.9 Å². The van der Waals surface area contributed by atoms with Crippen LogP contribution < -0.4 is 5.32 Å². The van der Waals surface area contributed by atoms with Gasteiger partial charge >= 0.3 is 0 Å². The van der Waals surface area contributed by atoms with Crippen LogP contribution in [0.2, 0.25) is 0 Å². The predicted molar refractivity (Wildman–Crippen MR) is 137 cm³/mol. The zero-order chi connectivity index (χ0) is 22.6. The number of aryl methyl sites for hydroxylation is 1. The summed E-state index contributed by atoms with van der Waals surface area (Å²) in [6, 6.07) is 38.1. The number of hydrogen-bond donors (Lipinski definition) is 1. The van der Waals surface area contributed by atoms with Crippen molar-refractivity contribution in [2.24, 2.45) is 7.05 Å². The van der Waals surface area contributed by atoms with Crippen molar-refractivity contribution in [2.75, 3.05) is 5.32 Å². The first-order valence-corrected chi connectivity index (χ1v) is 11.0. The van der Waals surface area contributed by atoms with Gasteiger partial charge in [-0.2, -0.15) is 0 Å². The Morgan fingerprint density at radius 2 is 1.33 bits per heavy atom. The molecule has 33 heavy (non-hydrogen) atoms. The summed E-state index contributed by atoms with van der Waals surface area (Å²) in [5.41, 5.74) is 6.78. The summed E-state index contributed by atoms with van der Waals surface area (Å²) in [7, 11) is 2.08. The lowest BCUT2D eigenvalue weighted by Gasteiger charge is -2.13. The molecule has 0 aliphatic carbocycles. The van der Waals surface area contributed by atoms with Crippen LogP contribution in [-0.4, -0.2) is 10.4 Å². The molecule has 0 saturated carbocycles. The quantitative estimate of drug-likeness (QED) is 0.230. The smallest absolute Gasteiger partial charge is 0.187 e. The second-order valence-corrected chi connectivity index (χ2v) is 7.97. The zero-order valence-corrected chi connectivity index (χ0v) is 18.4. The molecule has 1 aromatic heterocycles. The van der Waals surface area contributed by atoms with E-state index in [9.17, 15) is 4.79 Å². The largest absolute Gasteiger partial charge is 0.354 e. The van der Waals surface area contributed by atoms with Crippen molar-refractivity contribution >= 4 is 28.1 Å². The van der Waals surface area contributed by atoms with Gasteiger partial charge in [0.25, 0.3) is 0 Å². The molecule has 0 unspecified atom stereocenters. The number of nitrogens with one attached hydrogen (secondary N) is 1. The number of nitrogens with zero attached hydrogens (tertiary/aromatic N) is 1. The number of ketones is 1. The fourth-order valence-electron chi connectivity index (χ4n) is 4.13. The number of anilines is 1. The number of rotatable bonds is 6. The van der Waals surface area contributed by atoms with E-state index in [0.29, 0.717) is 5.56 Å². The fourth-order valence-corrected chi connectivity index (χ4v) is 4.13. The molecule has 0 radical (unpaired) electrons. The van der Waals surface area contributed by atoms with E-state index in [1.54, 1.807) is 6.08 Å². The fraction of sp³-hybridized carbons (Fsp3) is 0.0333. The Labute approximate surface area is 193 Å². The van der Waals surface area contributed by atoms with Gasteiger partial charge in [0.05, 0.1) is 5.52 Å². The van der Waals surface area contributed by atoms with Gasteiger partial charge in [-0.3, -0.25) is 4.79 Å². The Balaban J connectivity index is 1.59. The van der Waals surface area contributed by atoms with Gasteiger partial charge in [0.1, 0.15) is 0 Å². The van der Waals surface area contributed by atoms with E-state index in [1.807, 2.05) is 72.8 Å². The molecule has 0 spiro atoms. The molecule has 0 aliphatic heterocycles. The normalized spacial score (nSPS) is 11.5. The number of aromatic nitrogens is 1. The van der Waals surface area contributed by atoms with Crippen LogP contribution in [0, 0.1) is 0 Å². The topological polar surface area (TPSA) is 34.0 Å². The van der Waals surface area contributed by atoms with Crippen molar-refractivity contribution in [2.45, 2.75) is 0 Å². The number of fused-ring (bicyclic) bond motifs is 1. The molecule has 0 amide bonds. The Bertz CT molecular complexity index is 1430. The summed E-state index contributed by atoms with van der Waals surface area (Å²) >= 11 is 0. The Kier molecular flexibility index (Phi) is 5.61. The number of carbonyl (C=O) groups excluding carboxylic acids is 1. The molecule has 5 rings (SSSR count). The standard InChI is InChI=1S/C30H24N2O/c1-32-28-19-11-18-26(25(28)20-29(32)23-14-7-3-8-15-23)31-27(22-12-5-2-6-13-22)21-30(33)24-16-9-4-10-17-24/h2-21,31H,1H3/b27-21+. The van der Waals surface area contributed by atoms with Crippen LogP contribution in [-0.2, 0) is 7.05 Å². The molecule has 0 bridgehead atoms. The third kappa shape index (κ3) is 4.21. The monoisotopic (exact) mass is 428 g/mol. The number of hydrogen-bond acceptors (Lipinski definition) is 2. The molecule has 4 aromatic carbocycles. The van der Waals surface area contributed by atoms with Crippen molar-refractivity contribution < 1.29 is 4.79 Å². The maximum atomic E-state index is 13.0. The highest BCUT2D eigenvalue weighted by Crippen LogP contribution is 2.33. The first-order valence-electron chi connectivity index (χ1n) is 11.0.